The molecule has 1 atom stereocenters. The van der Waals surface area contributed by atoms with E-state index in [0.29, 0.717) is 17.1 Å². The highest BCUT2D eigenvalue weighted by Gasteiger charge is 2.07. The highest BCUT2D eigenvalue weighted by atomic mass is 35.5. The topological polar surface area (TPSA) is 43.8 Å². The zero-order valence-corrected chi connectivity index (χ0v) is 11.6. The summed E-state index contributed by atoms with van der Waals surface area (Å²) in [6.07, 6.45) is 5.41. The number of rotatable bonds is 5. The molecule has 0 saturated heterocycles. The molecule has 0 amide bonds. The van der Waals surface area contributed by atoms with Crippen molar-refractivity contribution < 1.29 is 4.39 Å². The Bertz CT molecular complexity index is 553. The molecule has 2 rings (SSSR count). The molecule has 19 heavy (non-hydrogen) atoms. The van der Waals surface area contributed by atoms with Gasteiger partial charge in [0.15, 0.2) is 0 Å². The summed E-state index contributed by atoms with van der Waals surface area (Å²) >= 11 is 5.72. The SMILES string of the molecule is CCC(N)Cc1cnn(Cc2ccc(Cl)cc2F)c1. The summed E-state index contributed by atoms with van der Waals surface area (Å²) in [5, 5.41) is 4.62. The van der Waals surface area contributed by atoms with Crippen LogP contribution in [-0.2, 0) is 13.0 Å². The first kappa shape index (κ1) is 14.0. The molecular weight excluding hydrogens is 265 g/mol. The largest absolute Gasteiger partial charge is 0.327 e. The number of nitrogens with zero attached hydrogens (tertiary/aromatic N) is 2. The molecule has 0 aliphatic carbocycles. The van der Waals surface area contributed by atoms with Crippen LogP contribution >= 0.6 is 11.6 Å². The lowest BCUT2D eigenvalue weighted by molar-refractivity contribution is 0.584. The molecule has 0 fully saturated rings. The van der Waals surface area contributed by atoms with Crippen molar-refractivity contribution in [3.05, 3.63) is 52.6 Å². The van der Waals surface area contributed by atoms with E-state index in [1.165, 1.54) is 6.07 Å². The summed E-state index contributed by atoms with van der Waals surface area (Å²) in [5.74, 6) is -0.310. The van der Waals surface area contributed by atoms with Gasteiger partial charge in [-0.05, 0) is 30.5 Å². The van der Waals surface area contributed by atoms with Gasteiger partial charge in [-0.25, -0.2) is 4.39 Å². The molecule has 3 nitrogen and oxygen atoms in total. The Morgan fingerprint density at radius 1 is 1.47 bits per heavy atom. The number of nitrogens with two attached hydrogens (primary N) is 1. The molecule has 0 aliphatic rings. The minimum Gasteiger partial charge on any atom is -0.327 e. The Balaban J connectivity index is 2.07. The maximum Gasteiger partial charge on any atom is 0.129 e. The van der Waals surface area contributed by atoms with E-state index in [2.05, 4.69) is 12.0 Å². The van der Waals surface area contributed by atoms with Crippen molar-refractivity contribution in [1.29, 1.82) is 0 Å². The summed E-state index contributed by atoms with van der Waals surface area (Å²) in [5.41, 5.74) is 7.54. The van der Waals surface area contributed by atoms with Gasteiger partial charge in [-0.2, -0.15) is 5.10 Å². The Morgan fingerprint density at radius 3 is 2.95 bits per heavy atom. The van der Waals surface area contributed by atoms with Crippen LogP contribution in [0.2, 0.25) is 5.02 Å². The molecule has 0 bridgehead atoms. The minimum atomic E-state index is -0.310. The Kier molecular flexibility index (Phi) is 4.56. The van der Waals surface area contributed by atoms with Gasteiger partial charge >= 0.3 is 0 Å². The van der Waals surface area contributed by atoms with Crippen molar-refractivity contribution in [3.63, 3.8) is 0 Å². The first-order chi connectivity index (χ1) is 9.08. The highest BCUT2D eigenvalue weighted by Crippen LogP contribution is 2.15. The second-order valence-electron chi connectivity index (χ2n) is 4.65. The zero-order chi connectivity index (χ0) is 13.8. The van der Waals surface area contributed by atoms with E-state index in [4.69, 9.17) is 17.3 Å². The molecular formula is C14H17ClFN3. The number of halogens is 2. The van der Waals surface area contributed by atoms with Crippen LogP contribution in [0.3, 0.4) is 0 Å². The average Bonchev–Trinajstić information content (AvgIpc) is 2.80. The number of aromatic nitrogens is 2. The smallest absolute Gasteiger partial charge is 0.129 e. The van der Waals surface area contributed by atoms with Crippen LogP contribution in [0.15, 0.2) is 30.6 Å². The molecule has 0 aliphatic heterocycles. The Hall–Kier alpha value is -1.39. The van der Waals surface area contributed by atoms with Gasteiger partial charge in [0.2, 0.25) is 0 Å². The molecule has 1 aromatic carbocycles. The summed E-state index contributed by atoms with van der Waals surface area (Å²) in [6.45, 7) is 2.45. The van der Waals surface area contributed by atoms with E-state index in [0.717, 1.165) is 18.4 Å². The third-order valence-corrected chi connectivity index (χ3v) is 3.29. The Labute approximate surface area is 117 Å². The molecule has 1 unspecified atom stereocenters. The van der Waals surface area contributed by atoms with Crippen molar-refractivity contribution in [2.75, 3.05) is 0 Å². The van der Waals surface area contributed by atoms with E-state index in [1.54, 1.807) is 23.0 Å². The van der Waals surface area contributed by atoms with Crippen molar-refractivity contribution in [2.24, 2.45) is 5.73 Å². The van der Waals surface area contributed by atoms with Gasteiger partial charge in [0.25, 0.3) is 0 Å². The zero-order valence-electron chi connectivity index (χ0n) is 10.8. The first-order valence-corrected chi connectivity index (χ1v) is 6.67. The van der Waals surface area contributed by atoms with Crippen LogP contribution in [-0.4, -0.2) is 15.8 Å². The van der Waals surface area contributed by atoms with E-state index >= 15 is 0 Å². The molecule has 2 N–H and O–H groups in total. The minimum absolute atomic E-state index is 0.143. The lowest BCUT2D eigenvalue weighted by Crippen LogP contribution is -2.21. The van der Waals surface area contributed by atoms with Gasteiger partial charge in [-0.1, -0.05) is 24.6 Å². The normalized spacial score (nSPS) is 12.6. The average molecular weight is 282 g/mol. The fourth-order valence-electron chi connectivity index (χ4n) is 1.87. The van der Waals surface area contributed by atoms with Gasteiger partial charge in [0.05, 0.1) is 12.7 Å². The molecule has 0 radical (unpaired) electrons. The number of benzene rings is 1. The van der Waals surface area contributed by atoms with Crippen LogP contribution < -0.4 is 5.73 Å². The fraction of sp³-hybridized carbons (Fsp3) is 0.357. The predicted molar refractivity (Wildman–Crippen MR) is 74.7 cm³/mol. The van der Waals surface area contributed by atoms with Crippen molar-refractivity contribution in [2.45, 2.75) is 32.4 Å². The first-order valence-electron chi connectivity index (χ1n) is 6.29. The molecule has 0 spiro atoms. The predicted octanol–water partition coefficient (Wildman–Crippen LogP) is 3.00. The van der Waals surface area contributed by atoms with E-state index in [-0.39, 0.29) is 11.9 Å². The van der Waals surface area contributed by atoms with Crippen molar-refractivity contribution >= 4 is 11.6 Å². The fourth-order valence-corrected chi connectivity index (χ4v) is 2.03. The van der Waals surface area contributed by atoms with Crippen LogP contribution in [0.1, 0.15) is 24.5 Å². The number of hydrogen-bond donors (Lipinski definition) is 1. The van der Waals surface area contributed by atoms with Crippen molar-refractivity contribution in [1.82, 2.24) is 9.78 Å². The van der Waals surface area contributed by atoms with Crippen LogP contribution in [0.5, 0.6) is 0 Å². The summed E-state index contributed by atoms with van der Waals surface area (Å²) in [6, 6.07) is 4.81. The van der Waals surface area contributed by atoms with Crippen LogP contribution in [0.4, 0.5) is 4.39 Å². The second-order valence-corrected chi connectivity index (χ2v) is 5.09. The summed E-state index contributed by atoms with van der Waals surface area (Å²) < 4.78 is 15.4. The van der Waals surface area contributed by atoms with Gasteiger partial charge < -0.3 is 5.73 Å². The molecule has 5 heteroatoms. The Morgan fingerprint density at radius 2 is 2.26 bits per heavy atom. The molecule has 1 aromatic heterocycles. The molecule has 0 saturated carbocycles. The highest BCUT2D eigenvalue weighted by molar-refractivity contribution is 6.30. The summed E-state index contributed by atoms with van der Waals surface area (Å²) in [4.78, 5) is 0. The van der Waals surface area contributed by atoms with Crippen molar-refractivity contribution in [3.8, 4) is 0 Å². The lowest BCUT2D eigenvalue weighted by atomic mass is 10.1. The molecule has 2 aromatic rings. The monoisotopic (exact) mass is 281 g/mol. The van der Waals surface area contributed by atoms with E-state index < -0.39 is 0 Å². The number of hydrogen-bond acceptors (Lipinski definition) is 2. The summed E-state index contributed by atoms with van der Waals surface area (Å²) in [7, 11) is 0. The van der Waals surface area contributed by atoms with Crippen LogP contribution in [0.25, 0.3) is 0 Å². The van der Waals surface area contributed by atoms with Gasteiger partial charge in [-0.15, -0.1) is 0 Å². The second kappa shape index (κ2) is 6.17. The van der Waals surface area contributed by atoms with Gasteiger partial charge in [-0.3, -0.25) is 4.68 Å². The quantitative estimate of drug-likeness (QED) is 0.915. The maximum absolute atomic E-state index is 13.7. The third kappa shape index (κ3) is 3.78. The van der Waals surface area contributed by atoms with Crippen LogP contribution in [0, 0.1) is 5.82 Å². The lowest BCUT2D eigenvalue weighted by Gasteiger charge is -2.06. The van der Waals surface area contributed by atoms with Gasteiger partial charge in [0.1, 0.15) is 5.82 Å². The maximum atomic E-state index is 13.7. The third-order valence-electron chi connectivity index (χ3n) is 3.06. The van der Waals surface area contributed by atoms with E-state index in [9.17, 15) is 4.39 Å². The standard InChI is InChI=1S/C14H17ClFN3/c1-2-13(17)5-10-7-18-19(8-10)9-11-3-4-12(15)6-14(11)16/h3-4,6-8,13H,2,5,9,17H2,1H3. The molecule has 1 heterocycles. The van der Waals surface area contributed by atoms with E-state index in [1.807, 2.05) is 6.20 Å². The molecule has 102 valence electrons. The van der Waals surface area contributed by atoms with Gasteiger partial charge in [0, 0.05) is 22.8 Å².